The minimum absolute atomic E-state index is 0.0139. The summed E-state index contributed by atoms with van der Waals surface area (Å²) in [5.41, 5.74) is 12.9. The number of rotatable bonds is 6. The fourth-order valence-electron chi connectivity index (χ4n) is 3.99. The van der Waals surface area contributed by atoms with E-state index in [-0.39, 0.29) is 34.9 Å². The van der Waals surface area contributed by atoms with Gasteiger partial charge in [-0.1, -0.05) is 17.7 Å². The van der Waals surface area contributed by atoms with Crippen molar-refractivity contribution >= 4 is 35.2 Å². The highest BCUT2D eigenvalue weighted by Gasteiger charge is 2.40. The average Bonchev–Trinajstić information content (AvgIpc) is 3.21. The second-order valence-electron chi connectivity index (χ2n) is 8.30. The van der Waals surface area contributed by atoms with E-state index < -0.39 is 0 Å². The number of urea groups is 1. The number of nitrogens with two attached hydrogens (primary N) is 2. The smallest absolute Gasteiger partial charge is 0.317 e. The Bertz CT molecular complexity index is 1010. The molecule has 2 aliphatic heterocycles. The van der Waals surface area contributed by atoms with Crippen LogP contribution in [0.25, 0.3) is 0 Å². The molecule has 2 aromatic heterocycles. The number of halogens is 1. The first kappa shape index (κ1) is 22.8. The van der Waals surface area contributed by atoms with Crippen molar-refractivity contribution < 1.29 is 4.79 Å². The van der Waals surface area contributed by atoms with Crippen molar-refractivity contribution in [3.05, 3.63) is 40.9 Å². The number of nitrogen functional groups attached to an aromatic ring is 2. The number of amides is 2. The summed E-state index contributed by atoms with van der Waals surface area (Å²) in [4.78, 5) is 31.3. The minimum Gasteiger partial charge on any atom is -0.382 e. The number of hydrogen-bond acceptors (Lipinski definition) is 7. The van der Waals surface area contributed by atoms with E-state index in [2.05, 4.69) is 35.9 Å². The molecule has 0 aromatic carbocycles. The number of piperidine rings is 1. The molecule has 0 aliphatic carbocycles. The number of anilines is 2. The maximum atomic E-state index is 12.5. The number of hydrogen-bond donors (Lipinski definition) is 5. The van der Waals surface area contributed by atoms with Crippen molar-refractivity contribution in [2.75, 3.05) is 37.6 Å². The van der Waals surface area contributed by atoms with Gasteiger partial charge in [0.25, 0.3) is 0 Å². The average molecular weight is 473 g/mol. The largest absolute Gasteiger partial charge is 0.382 e. The predicted molar refractivity (Wildman–Crippen MR) is 128 cm³/mol. The van der Waals surface area contributed by atoms with Gasteiger partial charge in [-0.3, -0.25) is 4.98 Å². The van der Waals surface area contributed by atoms with Crippen LogP contribution in [0.4, 0.5) is 16.4 Å². The number of carbonyl (C=O) groups excluding carboxylic acids is 1. The van der Waals surface area contributed by atoms with E-state index in [0.717, 1.165) is 37.9 Å². The number of carbonyl (C=O) groups is 1. The highest BCUT2D eigenvalue weighted by Crippen LogP contribution is 2.25. The Morgan fingerprint density at radius 3 is 2.82 bits per heavy atom. The summed E-state index contributed by atoms with van der Waals surface area (Å²) in [6.45, 7) is 2.97. The molecule has 1 spiro atoms. The third-order valence-corrected chi connectivity index (χ3v) is 6.24. The van der Waals surface area contributed by atoms with E-state index in [9.17, 15) is 4.79 Å². The van der Waals surface area contributed by atoms with Crippen molar-refractivity contribution in [2.24, 2.45) is 4.99 Å². The van der Waals surface area contributed by atoms with Gasteiger partial charge < -0.3 is 32.3 Å². The standard InChI is InChI=1S/C21H29ClN10O/c22-16-18(24)30-17(23)15(29-16)12-27-19-28-13-21(31-19)6-10-32(11-7-21)20(33)26-9-3-5-14-4-1-2-8-25-14/h1-2,4,8H,3,5-7,9-13H2,(H,26,33)(H4,23,24,30)(H2,27,28,31). The lowest BCUT2D eigenvalue weighted by atomic mass is 9.89. The summed E-state index contributed by atoms with van der Waals surface area (Å²) < 4.78 is 0. The molecule has 11 nitrogen and oxygen atoms in total. The minimum atomic E-state index is -0.120. The summed E-state index contributed by atoms with van der Waals surface area (Å²) in [6.07, 6.45) is 5.16. The maximum Gasteiger partial charge on any atom is 0.317 e. The van der Waals surface area contributed by atoms with Crippen LogP contribution in [0, 0.1) is 0 Å². The highest BCUT2D eigenvalue weighted by molar-refractivity contribution is 6.31. The fourth-order valence-corrected chi connectivity index (χ4v) is 4.14. The molecule has 176 valence electrons. The van der Waals surface area contributed by atoms with Crippen LogP contribution in [0.1, 0.15) is 30.7 Å². The fraction of sp³-hybridized carbons (Fsp3) is 0.476. The summed E-state index contributed by atoms with van der Waals surface area (Å²) in [7, 11) is 0. The van der Waals surface area contributed by atoms with Gasteiger partial charge in [-0.2, -0.15) is 0 Å². The number of nitrogens with one attached hydrogen (secondary N) is 3. The molecule has 12 heteroatoms. The normalized spacial score (nSPS) is 18.2. The van der Waals surface area contributed by atoms with Gasteiger partial charge in [0.05, 0.1) is 12.1 Å². The van der Waals surface area contributed by atoms with Gasteiger partial charge in [-0.15, -0.1) is 0 Å². The first-order valence-corrected chi connectivity index (χ1v) is 11.4. The molecule has 0 bridgehead atoms. The molecule has 4 rings (SSSR count). The molecular weight excluding hydrogens is 444 g/mol. The van der Waals surface area contributed by atoms with Crippen LogP contribution in [-0.4, -0.2) is 63.6 Å². The van der Waals surface area contributed by atoms with Gasteiger partial charge in [0.2, 0.25) is 0 Å². The molecule has 2 saturated heterocycles. The molecule has 33 heavy (non-hydrogen) atoms. The predicted octanol–water partition coefficient (Wildman–Crippen LogP) is 0.915. The van der Waals surface area contributed by atoms with E-state index in [1.54, 1.807) is 6.20 Å². The maximum absolute atomic E-state index is 12.5. The van der Waals surface area contributed by atoms with E-state index in [1.165, 1.54) is 0 Å². The lowest BCUT2D eigenvalue weighted by Crippen LogP contribution is -2.55. The molecule has 0 unspecified atom stereocenters. The second-order valence-corrected chi connectivity index (χ2v) is 8.66. The highest BCUT2D eigenvalue weighted by atomic mass is 35.5. The molecule has 2 fully saturated rings. The van der Waals surface area contributed by atoms with Crippen LogP contribution in [0.5, 0.6) is 0 Å². The van der Waals surface area contributed by atoms with Gasteiger partial charge in [0.1, 0.15) is 11.5 Å². The first-order valence-electron chi connectivity index (χ1n) is 11.0. The van der Waals surface area contributed by atoms with Gasteiger partial charge in [-0.25, -0.2) is 19.8 Å². The number of aryl methyl sites for hydroxylation is 1. The summed E-state index contributed by atoms with van der Waals surface area (Å²) >= 11 is 5.93. The Balaban J connectivity index is 1.21. The monoisotopic (exact) mass is 472 g/mol. The number of aliphatic imine (C=N–C) groups is 1. The summed E-state index contributed by atoms with van der Waals surface area (Å²) in [6, 6.07) is 5.86. The SMILES string of the molecule is Nc1nc(N)c(C/N=C2\NCC3(CCN(C(=O)NCCCc4ccccn4)CC3)N2)nc1Cl. The lowest BCUT2D eigenvalue weighted by Gasteiger charge is -2.38. The van der Waals surface area contributed by atoms with E-state index in [0.29, 0.717) is 31.3 Å². The zero-order valence-corrected chi connectivity index (χ0v) is 19.1. The van der Waals surface area contributed by atoms with Crippen molar-refractivity contribution in [3.63, 3.8) is 0 Å². The van der Waals surface area contributed by atoms with Crippen molar-refractivity contribution in [1.82, 2.24) is 35.8 Å². The number of aromatic nitrogens is 3. The van der Waals surface area contributed by atoms with Crippen LogP contribution >= 0.6 is 11.6 Å². The van der Waals surface area contributed by atoms with Crippen LogP contribution in [0.15, 0.2) is 29.4 Å². The Hall–Kier alpha value is -3.34. The third-order valence-electron chi connectivity index (χ3n) is 5.97. The molecule has 2 aromatic rings. The van der Waals surface area contributed by atoms with Gasteiger partial charge in [0, 0.05) is 38.1 Å². The topological polar surface area (TPSA) is 159 Å². The molecule has 0 atom stereocenters. The Morgan fingerprint density at radius 2 is 2.06 bits per heavy atom. The van der Waals surface area contributed by atoms with Gasteiger partial charge in [-0.05, 0) is 37.8 Å². The third kappa shape index (κ3) is 5.72. The quantitative estimate of drug-likeness (QED) is 0.388. The number of pyridine rings is 1. The van der Waals surface area contributed by atoms with Crippen LogP contribution in [0.3, 0.4) is 0 Å². The van der Waals surface area contributed by atoms with E-state index in [1.807, 2.05) is 23.1 Å². The number of nitrogens with zero attached hydrogens (tertiary/aromatic N) is 5. The molecule has 2 aliphatic rings. The van der Waals surface area contributed by atoms with E-state index >= 15 is 0 Å². The summed E-state index contributed by atoms with van der Waals surface area (Å²) in [5.74, 6) is 0.996. The molecule has 0 radical (unpaired) electrons. The van der Waals surface area contributed by atoms with Crippen molar-refractivity contribution in [1.29, 1.82) is 0 Å². The molecule has 2 amide bonds. The molecule has 0 saturated carbocycles. The Morgan fingerprint density at radius 1 is 1.24 bits per heavy atom. The lowest BCUT2D eigenvalue weighted by molar-refractivity contribution is 0.158. The van der Waals surface area contributed by atoms with Crippen molar-refractivity contribution in [2.45, 2.75) is 37.8 Å². The van der Waals surface area contributed by atoms with Crippen LogP contribution < -0.4 is 27.4 Å². The zero-order valence-electron chi connectivity index (χ0n) is 18.4. The Kier molecular flexibility index (Phi) is 6.97. The number of guanidine groups is 1. The van der Waals surface area contributed by atoms with Gasteiger partial charge in [0.15, 0.2) is 16.9 Å². The van der Waals surface area contributed by atoms with Gasteiger partial charge >= 0.3 is 6.03 Å². The molecule has 7 N–H and O–H groups in total. The Labute approximate surface area is 197 Å². The summed E-state index contributed by atoms with van der Waals surface area (Å²) in [5, 5.41) is 9.91. The van der Waals surface area contributed by atoms with Crippen LogP contribution in [-0.2, 0) is 13.0 Å². The second kappa shape index (κ2) is 10.1. The van der Waals surface area contributed by atoms with E-state index in [4.69, 9.17) is 23.1 Å². The van der Waals surface area contributed by atoms with Crippen LogP contribution in [0.2, 0.25) is 5.15 Å². The molecule has 4 heterocycles. The molecular formula is C21H29ClN10O. The zero-order chi connectivity index (χ0) is 23.3. The first-order chi connectivity index (χ1) is 15.9. The van der Waals surface area contributed by atoms with Crippen molar-refractivity contribution in [3.8, 4) is 0 Å². The number of likely N-dealkylation sites (tertiary alicyclic amines) is 1.